The largest absolute Gasteiger partial charge is 0.390 e. The lowest BCUT2D eigenvalue weighted by Crippen LogP contribution is -2.02. The van der Waals surface area contributed by atoms with E-state index in [0.717, 1.165) is 5.56 Å². The molecule has 0 amide bonds. The molecule has 0 aromatic carbocycles. The first-order valence-corrected chi connectivity index (χ1v) is 4.38. The number of pyridine rings is 1. The molecule has 1 rings (SSSR count). The van der Waals surface area contributed by atoms with Crippen molar-refractivity contribution in [2.75, 3.05) is 0 Å². The van der Waals surface area contributed by atoms with Gasteiger partial charge >= 0.3 is 0 Å². The Balaban J connectivity index is 2.49. The van der Waals surface area contributed by atoms with Crippen LogP contribution in [0.1, 0.15) is 25.1 Å². The van der Waals surface area contributed by atoms with E-state index in [4.69, 9.17) is 9.84 Å². The second-order valence-corrected chi connectivity index (χ2v) is 3.18. The smallest absolute Gasteiger partial charge is 0.0852 e. The van der Waals surface area contributed by atoms with Gasteiger partial charge in [0.2, 0.25) is 0 Å². The lowest BCUT2D eigenvalue weighted by Gasteiger charge is -2.06. The molecule has 1 aromatic rings. The highest BCUT2D eigenvalue weighted by atomic mass is 16.5. The van der Waals surface area contributed by atoms with E-state index in [1.54, 1.807) is 12.3 Å². The number of aliphatic hydroxyl groups excluding tert-OH is 1. The Morgan fingerprint density at radius 1 is 1.46 bits per heavy atom. The Morgan fingerprint density at radius 2 is 2.23 bits per heavy atom. The van der Waals surface area contributed by atoms with E-state index in [0.29, 0.717) is 12.3 Å². The summed E-state index contributed by atoms with van der Waals surface area (Å²) in [6.45, 7) is 4.56. The molecule has 0 radical (unpaired) electrons. The van der Waals surface area contributed by atoms with E-state index >= 15 is 0 Å². The van der Waals surface area contributed by atoms with Gasteiger partial charge in [0.25, 0.3) is 0 Å². The molecule has 13 heavy (non-hydrogen) atoms. The van der Waals surface area contributed by atoms with Crippen molar-refractivity contribution in [3.05, 3.63) is 29.6 Å². The van der Waals surface area contributed by atoms with E-state index in [9.17, 15) is 0 Å². The predicted octanol–water partition coefficient (Wildman–Crippen LogP) is 1.50. The van der Waals surface area contributed by atoms with Crippen LogP contribution in [0.15, 0.2) is 18.3 Å². The molecule has 1 N–H and O–H groups in total. The zero-order valence-corrected chi connectivity index (χ0v) is 8.03. The fraction of sp³-hybridized carbons (Fsp3) is 0.500. The zero-order chi connectivity index (χ0) is 9.68. The van der Waals surface area contributed by atoms with Gasteiger partial charge < -0.3 is 9.84 Å². The van der Waals surface area contributed by atoms with Crippen molar-refractivity contribution >= 4 is 0 Å². The minimum absolute atomic E-state index is 0.00861. The number of aliphatic hydroxyl groups is 1. The van der Waals surface area contributed by atoms with Crippen LogP contribution < -0.4 is 0 Å². The Bertz CT molecular complexity index is 244. The normalized spacial score (nSPS) is 10.8. The van der Waals surface area contributed by atoms with Crippen LogP contribution in [-0.2, 0) is 18.0 Å². The third kappa shape index (κ3) is 3.53. The van der Waals surface area contributed by atoms with Gasteiger partial charge in [0.05, 0.1) is 25.0 Å². The molecule has 0 bridgehead atoms. The first kappa shape index (κ1) is 10.2. The average Bonchev–Trinajstić information content (AvgIpc) is 2.15. The van der Waals surface area contributed by atoms with Crippen molar-refractivity contribution in [2.24, 2.45) is 0 Å². The van der Waals surface area contributed by atoms with Crippen LogP contribution in [0.2, 0.25) is 0 Å². The quantitative estimate of drug-likeness (QED) is 0.765. The number of hydrogen-bond donors (Lipinski definition) is 1. The van der Waals surface area contributed by atoms with Gasteiger partial charge in [-0.25, -0.2) is 0 Å². The van der Waals surface area contributed by atoms with E-state index < -0.39 is 0 Å². The maximum Gasteiger partial charge on any atom is 0.0852 e. The summed E-state index contributed by atoms with van der Waals surface area (Å²) in [6.07, 6.45) is 1.96. The predicted molar refractivity (Wildman–Crippen MR) is 50.1 cm³/mol. The molecule has 0 aliphatic carbocycles. The molecule has 0 saturated heterocycles. The Kier molecular flexibility index (Phi) is 3.86. The van der Waals surface area contributed by atoms with Gasteiger partial charge in [-0.15, -0.1) is 0 Å². The fourth-order valence-corrected chi connectivity index (χ4v) is 0.897. The van der Waals surface area contributed by atoms with Crippen molar-refractivity contribution < 1.29 is 9.84 Å². The van der Waals surface area contributed by atoms with E-state index in [2.05, 4.69) is 4.98 Å². The van der Waals surface area contributed by atoms with Gasteiger partial charge in [-0.1, -0.05) is 6.07 Å². The molecule has 72 valence electrons. The van der Waals surface area contributed by atoms with E-state index in [1.165, 1.54) is 0 Å². The molecule has 0 spiro atoms. The van der Waals surface area contributed by atoms with Crippen molar-refractivity contribution in [1.82, 2.24) is 4.98 Å². The number of nitrogens with zero attached hydrogens (tertiary/aromatic N) is 1. The molecule has 3 heteroatoms. The average molecular weight is 181 g/mol. The molecule has 1 heterocycles. The maximum atomic E-state index is 8.75. The standard InChI is InChI=1S/C10H15NO2/c1-8(2)13-7-9-3-4-10(6-12)11-5-9/h3-5,8,12H,6-7H2,1-2H3. The highest BCUT2D eigenvalue weighted by Gasteiger charge is 1.97. The Hall–Kier alpha value is -0.930. The first-order valence-electron chi connectivity index (χ1n) is 4.38. The van der Waals surface area contributed by atoms with Crippen LogP contribution in [0.25, 0.3) is 0 Å². The number of hydrogen-bond acceptors (Lipinski definition) is 3. The second kappa shape index (κ2) is 4.94. The van der Waals surface area contributed by atoms with Gasteiger partial charge in [-0.05, 0) is 25.5 Å². The summed E-state index contributed by atoms with van der Waals surface area (Å²) in [5, 5.41) is 8.75. The van der Waals surface area contributed by atoms with Crippen molar-refractivity contribution in [3.8, 4) is 0 Å². The molecular formula is C10H15NO2. The van der Waals surface area contributed by atoms with Crippen LogP contribution in [0, 0.1) is 0 Å². The Morgan fingerprint density at radius 3 is 2.69 bits per heavy atom. The maximum absolute atomic E-state index is 8.75. The van der Waals surface area contributed by atoms with Crippen LogP contribution >= 0.6 is 0 Å². The minimum Gasteiger partial charge on any atom is -0.390 e. The lowest BCUT2D eigenvalue weighted by molar-refractivity contribution is 0.0655. The lowest BCUT2D eigenvalue weighted by atomic mass is 10.2. The molecule has 0 fully saturated rings. The van der Waals surface area contributed by atoms with E-state index in [-0.39, 0.29) is 12.7 Å². The highest BCUT2D eigenvalue weighted by Crippen LogP contribution is 2.03. The van der Waals surface area contributed by atoms with Crippen LogP contribution in [-0.4, -0.2) is 16.2 Å². The monoisotopic (exact) mass is 181 g/mol. The van der Waals surface area contributed by atoms with Crippen LogP contribution in [0.5, 0.6) is 0 Å². The van der Waals surface area contributed by atoms with E-state index in [1.807, 2.05) is 19.9 Å². The highest BCUT2D eigenvalue weighted by molar-refractivity contribution is 5.12. The van der Waals surface area contributed by atoms with Crippen molar-refractivity contribution in [2.45, 2.75) is 33.2 Å². The minimum atomic E-state index is -0.00861. The van der Waals surface area contributed by atoms with Crippen LogP contribution in [0.4, 0.5) is 0 Å². The number of rotatable bonds is 4. The summed E-state index contributed by atoms with van der Waals surface area (Å²) in [7, 11) is 0. The van der Waals surface area contributed by atoms with Crippen molar-refractivity contribution in [1.29, 1.82) is 0 Å². The summed E-state index contributed by atoms with van der Waals surface area (Å²) < 4.78 is 5.40. The second-order valence-electron chi connectivity index (χ2n) is 3.18. The van der Waals surface area contributed by atoms with Gasteiger partial charge in [0.1, 0.15) is 0 Å². The molecule has 0 unspecified atom stereocenters. The van der Waals surface area contributed by atoms with Crippen molar-refractivity contribution in [3.63, 3.8) is 0 Å². The molecular weight excluding hydrogens is 166 g/mol. The Labute approximate surface area is 78.4 Å². The molecule has 1 aromatic heterocycles. The van der Waals surface area contributed by atoms with Crippen LogP contribution in [0.3, 0.4) is 0 Å². The van der Waals surface area contributed by atoms with Gasteiger partial charge in [0, 0.05) is 6.20 Å². The summed E-state index contributed by atoms with van der Waals surface area (Å²) in [5.74, 6) is 0. The summed E-state index contributed by atoms with van der Waals surface area (Å²) >= 11 is 0. The third-order valence-corrected chi connectivity index (χ3v) is 1.63. The number of ether oxygens (including phenoxy) is 1. The summed E-state index contributed by atoms with van der Waals surface area (Å²) in [4.78, 5) is 4.05. The van der Waals surface area contributed by atoms with Gasteiger partial charge in [-0.3, -0.25) is 4.98 Å². The zero-order valence-electron chi connectivity index (χ0n) is 8.03. The molecule has 3 nitrogen and oxygen atoms in total. The molecule has 0 saturated carbocycles. The molecule has 0 atom stereocenters. The first-order chi connectivity index (χ1) is 6.22. The SMILES string of the molecule is CC(C)OCc1ccc(CO)nc1. The van der Waals surface area contributed by atoms with Gasteiger partial charge in [-0.2, -0.15) is 0 Å². The molecule has 0 aliphatic rings. The fourth-order valence-electron chi connectivity index (χ4n) is 0.897. The van der Waals surface area contributed by atoms with Gasteiger partial charge in [0.15, 0.2) is 0 Å². The number of aromatic nitrogens is 1. The molecule has 0 aliphatic heterocycles. The third-order valence-electron chi connectivity index (χ3n) is 1.63. The summed E-state index contributed by atoms with van der Waals surface area (Å²) in [6, 6.07) is 3.72. The topological polar surface area (TPSA) is 42.4 Å². The summed E-state index contributed by atoms with van der Waals surface area (Å²) in [5.41, 5.74) is 1.72.